The van der Waals surface area contributed by atoms with Gasteiger partial charge in [-0.05, 0) is 43.7 Å². The Balaban J connectivity index is 2.78. The zero-order valence-corrected chi connectivity index (χ0v) is 10.8. The van der Waals surface area contributed by atoms with Crippen LogP contribution in [0.4, 0.5) is 0 Å². The second kappa shape index (κ2) is 5.99. The SMILES string of the molecule is CCCCc1cn(C)c(C)c1CCCC. The van der Waals surface area contributed by atoms with Crippen molar-refractivity contribution in [1.82, 2.24) is 4.57 Å². The quantitative estimate of drug-likeness (QED) is 0.664. The van der Waals surface area contributed by atoms with Crippen LogP contribution in [0.2, 0.25) is 0 Å². The molecular formula is C14H25N. The number of aromatic nitrogens is 1. The highest BCUT2D eigenvalue weighted by Gasteiger charge is 2.09. The molecule has 0 saturated heterocycles. The molecule has 0 N–H and O–H groups in total. The first-order valence-electron chi connectivity index (χ1n) is 6.34. The third-order valence-electron chi connectivity index (χ3n) is 3.28. The second-order valence-electron chi connectivity index (χ2n) is 4.54. The average molecular weight is 207 g/mol. The normalized spacial score (nSPS) is 10.9. The fraction of sp³-hybridized carbons (Fsp3) is 0.714. The fourth-order valence-electron chi connectivity index (χ4n) is 2.13. The minimum Gasteiger partial charge on any atom is -0.354 e. The Bertz CT molecular complexity index is 297. The van der Waals surface area contributed by atoms with Crippen LogP contribution in [0, 0.1) is 6.92 Å². The van der Waals surface area contributed by atoms with Gasteiger partial charge in [0.05, 0.1) is 0 Å². The Morgan fingerprint density at radius 2 is 1.67 bits per heavy atom. The fourth-order valence-corrected chi connectivity index (χ4v) is 2.13. The van der Waals surface area contributed by atoms with Crippen molar-refractivity contribution in [2.24, 2.45) is 7.05 Å². The van der Waals surface area contributed by atoms with Crippen molar-refractivity contribution in [3.63, 3.8) is 0 Å². The van der Waals surface area contributed by atoms with E-state index in [-0.39, 0.29) is 0 Å². The number of nitrogens with zero attached hydrogens (tertiary/aromatic N) is 1. The predicted octanol–water partition coefficient (Wildman–Crippen LogP) is 4.02. The summed E-state index contributed by atoms with van der Waals surface area (Å²) < 4.78 is 2.29. The minimum absolute atomic E-state index is 1.26. The molecular weight excluding hydrogens is 182 g/mol. The van der Waals surface area contributed by atoms with Crippen molar-refractivity contribution in [2.75, 3.05) is 0 Å². The topological polar surface area (TPSA) is 4.93 Å². The molecule has 1 heterocycles. The molecule has 0 aliphatic rings. The van der Waals surface area contributed by atoms with E-state index in [0.717, 1.165) is 0 Å². The van der Waals surface area contributed by atoms with Gasteiger partial charge in [0.15, 0.2) is 0 Å². The summed E-state index contributed by atoms with van der Waals surface area (Å²) in [5, 5.41) is 0. The maximum absolute atomic E-state index is 2.33. The van der Waals surface area contributed by atoms with Crippen LogP contribution in [0.3, 0.4) is 0 Å². The molecule has 0 atom stereocenters. The molecule has 0 spiro atoms. The number of rotatable bonds is 6. The zero-order valence-electron chi connectivity index (χ0n) is 10.8. The maximum Gasteiger partial charge on any atom is 0.0175 e. The molecule has 15 heavy (non-hydrogen) atoms. The molecule has 1 nitrogen and oxygen atoms in total. The predicted molar refractivity (Wildman–Crippen MR) is 67.4 cm³/mol. The van der Waals surface area contributed by atoms with Gasteiger partial charge in [-0.2, -0.15) is 0 Å². The lowest BCUT2D eigenvalue weighted by Gasteiger charge is -2.04. The lowest BCUT2D eigenvalue weighted by molar-refractivity contribution is 0.759. The van der Waals surface area contributed by atoms with Crippen molar-refractivity contribution < 1.29 is 0 Å². The molecule has 0 fully saturated rings. The van der Waals surface area contributed by atoms with E-state index in [0.29, 0.717) is 0 Å². The molecule has 0 aliphatic carbocycles. The van der Waals surface area contributed by atoms with Crippen LogP contribution < -0.4 is 0 Å². The third kappa shape index (κ3) is 3.12. The van der Waals surface area contributed by atoms with Gasteiger partial charge in [0.2, 0.25) is 0 Å². The molecule has 0 saturated carbocycles. The van der Waals surface area contributed by atoms with E-state index in [9.17, 15) is 0 Å². The molecule has 1 rings (SSSR count). The highest BCUT2D eigenvalue weighted by atomic mass is 14.9. The van der Waals surface area contributed by atoms with Crippen molar-refractivity contribution in [2.45, 2.75) is 59.3 Å². The van der Waals surface area contributed by atoms with E-state index in [1.165, 1.54) is 44.2 Å². The van der Waals surface area contributed by atoms with Gasteiger partial charge >= 0.3 is 0 Å². The average Bonchev–Trinajstić information content (AvgIpc) is 2.50. The Morgan fingerprint density at radius 1 is 1.07 bits per heavy atom. The van der Waals surface area contributed by atoms with Crippen molar-refractivity contribution in [3.05, 3.63) is 23.0 Å². The molecule has 0 aromatic carbocycles. The first kappa shape index (κ1) is 12.4. The molecule has 0 aliphatic heterocycles. The monoisotopic (exact) mass is 207 g/mol. The van der Waals surface area contributed by atoms with Crippen LogP contribution in [0.25, 0.3) is 0 Å². The van der Waals surface area contributed by atoms with Gasteiger partial charge in [0.25, 0.3) is 0 Å². The van der Waals surface area contributed by atoms with E-state index in [4.69, 9.17) is 0 Å². The summed E-state index contributed by atoms with van der Waals surface area (Å²) in [6.45, 7) is 6.78. The van der Waals surface area contributed by atoms with Gasteiger partial charge in [0, 0.05) is 18.9 Å². The number of hydrogen-bond acceptors (Lipinski definition) is 0. The third-order valence-corrected chi connectivity index (χ3v) is 3.28. The smallest absolute Gasteiger partial charge is 0.0175 e. The van der Waals surface area contributed by atoms with Gasteiger partial charge in [-0.3, -0.25) is 0 Å². The Labute approximate surface area is 94.5 Å². The molecule has 0 radical (unpaired) electrons. The van der Waals surface area contributed by atoms with Crippen LogP contribution in [-0.4, -0.2) is 4.57 Å². The van der Waals surface area contributed by atoms with E-state index in [2.05, 4.69) is 38.6 Å². The molecule has 0 amide bonds. The summed E-state index contributed by atoms with van der Waals surface area (Å²) in [7, 11) is 2.17. The second-order valence-corrected chi connectivity index (χ2v) is 4.54. The van der Waals surface area contributed by atoms with Crippen LogP contribution in [-0.2, 0) is 19.9 Å². The highest BCUT2D eigenvalue weighted by Crippen LogP contribution is 2.20. The van der Waals surface area contributed by atoms with Gasteiger partial charge in [-0.1, -0.05) is 26.7 Å². The Hall–Kier alpha value is -0.720. The van der Waals surface area contributed by atoms with Crippen LogP contribution in [0.5, 0.6) is 0 Å². The maximum atomic E-state index is 2.33. The van der Waals surface area contributed by atoms with Gasteiger partial charge < -0.3 is 4.57 Å². The van der Waals surface area contributed by atoms with Crippen LogP contribution >= 0.6 is 0 Å². The molecule has 1 aromatic rings. The lowest BCUT2D eigenvalue weighted by atomic mass is 10.0. The van der Waals surface area contributed by atoms with E-state index in [1.54, 1.807) is 11.1 Å². The Morgan fingerprint density at radius 3 is 2.27 bits per heavy atom. The zero-order chi connectivity index (χ0) is 11.3. The van der Waals surface area contributed by atoms with Gasteiger partial charge in [-0.25, -0.2) is 0 Å². The van der Waals surface area contributed by atoms with Crippen LogP contribution in [0.1, 0.15) is 56.4 Å². The summed E-state index contributed by atoms with van der Waals surface area (Å²) in [4.78, 5) is 0. The van der Waals surface area contributed by atoms with Crippen LogP contribution in [0.15, 0.2) is 6.20 Å². The lowest BCUT2D eigenvalue weighted by Crippen LogP contribution is -1.94. The number of hydrogen-bond donors (Lipinski definition) is 0. The van der Waals surface area contributed by atoms with Crippen molar-refractivity contribution in [3.8, 4) is 0 Å². The van der Waals surface area contributed by atoms with Crippen molar-refractivity contribution in [1.29, 1.82) is 0 Å². The highest BCUT2D eigenvalue weighted by molar-refractivity contribution is 5.31. The van der Waals surface area contributed by atoms with Crippen molar-refractivity contribution >= 4 is 0 Å². The summed E-state index contributed by atoms with van der Waals surface area (Å²) in [5.74, 6) is 0. The van der Waals surface area contributed by atoms with E-state index < -0.39 is 0 Å². The molecule has 0 bridgehead atoms. The number of aryl methyl sites for hydroxylation is 2. The number of unbranched alkanes of at least 4 members (excludes halogenated alkanes) is 2. The van der Waals surface area contributed by atoms with E-state index >= 15 is 0 Å². The summed E-state index contributed by atoms with van der Waals surface area (Å²) in [6.07, 6.45) is 10.1. The first-order chi connectivity index (χ1) is 7.20. The summed E-state index contributed by atoms with van der Waals surface area (Å²) >= 11 is 0. The van der Waals surface area contributed by atoms with E-state index in [1.807, 2.05) is 0 Å². The molecule has 1 aromatic heterocycles. The Kier molecular flexibility index (Phi) is 4.93. The molecule has 86 valence electrons. The summed E-state index contributed by atoms with van der Waals surface area (Å²) in [6, 6.07) is 0. The molecule has 0 unspecified atom stereocenters. The minimum atomic E-state index is 1.26. The van der Waals surface area contributed by atoms with Gasteiger partial charge in [-0.15, -0.1) is 0 Å². The summed E-state index contributed by atoms with van der Waals surface area (Å²) in [5.41, 5.74) is 4.67. The molecule has 1 heteroatoms. The first-order valence-corrected chi connectivity index (χ1v) is 6.34. The standard InChI is InChI=1S/C14H25N/c1-5-7-9-13-11-15(4)12(3)14(13)10-8-6-2/h11H,5-10H2,1-4H3. The van der Waals surface area contributed by atoms with Gasteiger partial charge in [0.1, 0.15) is 0 Å². The largest absolute Gasteiger partial charge is 0.354 e.